The van der Waals surface area contributed by atoms with Gasteiger partial charge in [-0.1, -0.05) is 75.9 Å². The minimum atomic E-state index is -1.95. The van der Waals surface area contributed by atoms with Crippen LogP contribution in [0, 0.1) is 18.3 Å². The number of aryl methyl sites for hydroxylation is 1. The number of hydrogen-bond donors (Lipinski definition) is 3. The predicted octanol–water partition coefficient (Wildman–Crippen LogP) is 10.1. The highest BCUT2D eigenvalue weighted by atomic mass is 79.9. The first-order valence-corrected chi connectivity index (χ1v) is 28.5. The summed E-state index contributed by atoms with van der Waals surface area (Å²) < 4.78 is 20.3. The van der Waals surface area contributed by atoms with E-state index in [0.29, 0.717) is 23.8 Å². The first-order valence-electron chi connectivity index (χ1n) is 26.8. The van der Waals surface area contributed by atoms with Gasteiger partial charge in [0.2, 0.25) is 17.6 Å². The van der Waals surface area contributed by atoms with Crippen molar-refractivity contribution in [3.63, 3.8) is 0 Å². The van der Waals surface area contributed by atoms with Crippen molar-refractivity contribution in [1.29, 1.82) is 0 Å². The smallest absolute Gasteiger partial charge is 0.283 e. The number of nitrogens with one attached hydrogen (secondary N) is 2. The molecule has 5 heterocycles. The maximum atomic E-state index is 15.0. The van der Waals surface area contributed by atoms with Gasteiger partial charge in [-0.15, -0.1) is 11.3 Å². The zero-order valence-electron chi connectivity index (χ0n) is 42.3. The lowest BCUT2D eigenvalue weighted by Gasteiger charge is -2.38. The second-order valence-electron chi connectivity index (χ2n) is 22.5. The summed E-state index contributed by atoms with van der Waals surface area (Å²) in [7, 11) is 0. The molecular formula is C57H68BrFN8O5S. The minimum Gasteiger partial charge on any atom is -0.391 e. The number of halogens is 2. The molecule has 3 saturated carbocycles. The van der Waals surface area contributed by atoms with Gasteiger partial charge < -0.3 is 30.1 Å². The Labute approximate surface area is 438 Å². The number of fused-ring (bicyclic) bond motifs is 5. The summed E-state index contributed by atoms with van der Waals surface area (Å²) in [4.78, 5) is 69.8. The number of aromatic nitrogens is 4. The number of imidazole rings is 1. The molecule has 3 aromatic heterocycles. The maximum absolute atomic E-state index is 15.0. The second kappa shape index (κ2) is 20.3. The molecule has 6 aromatic rings. The molecule has 5 aliphatic rings. The zero-order chi connectivity index (χ0) is 50.8. The first kappa shape index (κ1) is 50.1. The van der Waals surface area contributed by atoms with E-state index in [1.807, 2.05) is 44.5 Å². The Balaban J connectivity index is 0.744. The number of thiazole rings is 1. The average molecular weight is 1080 g/mol. The first-order chi connectivity index (χ1) is 35.2. The van der Waals surface area contributed by atoms with Crippen LogP contribution in [-0.4, -0.2) is 102 Å². The third kappa shape index (κ3) is 9.90. The van der Waals surface area contributed by atoms with E-state index in [1.165, 1.54) is 23.3 Å². The van der Waals surface area contributed by atoms with Gasteiger partial charge in [-0.3, -0.25) is 23.6 Å². The van der Waals surface area contributed by atoms with E-state index < -0.39 is 41.1 Å². The molecule has 0 bridgehead atoms. The Morgan fingerprint density at radius 3 is 2.38 bits per heavy atom. The van der Waals surface area contributed by atoms with Crippen molar-refractivity contribution in [1.82, 2.24) is 39.4 Å². The van der Waals surface area contributed by atoms with Crippen LogP contribution in [0.4, 0.5) is 4.39 Å². The van der Waals surface area contributed by atoms with E-state index in [4.69, 9.17) is 4.98 Å². The second-order valence-corrected chi connectivity index (χ2v) is 24.2. The number of piperidine rings is 1. The summed E-state index contributed by atoms with van der Waals surface area (Å²) in [6.45, 7) is 8.88. The molecule has 2 aliphatic heterocycles. The highest BCUT2D eigenvalue weighted by Crippen LogP contribution is 2.49. The summed E-state index contributed by atoms with van der Waals surface area (Å²) in [5.41, 5.74) is 6.50. The number of likely N-dealkylation sites (tertiary alicyclic amines) is 2. The summed E-state index contributed by atoms with van der Waals surface area (Å²) in [5, 5.41) is 17.7. The van der Waals surface area contributed by atoms with Crippen LogP contribution in [-0.2, 0) is 14.4 Å². The van der Waals surface area contributed by atoms with Crippen LogP contribution in [0.1, 0.15) is 145 Å². The van der Waals surface area contributed by atoms with E-state index in [1.54, 1.807) is 11.3 Å². The van der Waals surface area contributed by atoms with Crippen LogP contribution >= 0.6 is 27.3 Å². The van der Waals surface area contributed by atoms with Gasteiger partial charge in [-0.05, 0) is 165 Å². The molecule has 5 fully saturated rings. The number of unbranched alkanes of at least 4 members (excludes halogenated alkanes) is 2. The van der Waals surface area contributed by atoms with Crippen molar-refractivity contribution in [2.45, 2.75) is 159 Å². The minimum absolute atomic E-state index is 0.0338. The van der Waals surface area contributed by atoms with Gasteiger partial charge in [-0.25, -0.2) is 9.37 Å². The molecular weight excluding hydrogens is 1010 g/mol. The molecule has 3 amide bonds. The molecule has 3 aromatic carbocycles. The number of nitrogens with zero attached hydrogens (tertiary/aromatic N) is 6. The van der Waals surface area contributed by atoms with Crippen LogP contribution < -0.4 is 16.2 Å². The largest absolute Gasteiger partial charge is 0.391 e. The standard InChI is InChI=1S/C57H68BrFN8O5S/c1-34-49(73-33-60-34)37-17-15-36(16-18-37)43(61-51(69)47-31-41(68)32-65(47)53(71)50(56(2,3)39-20-21-39)62-54(72)57(59)25-26-57)13-5-4-8-27-64-28-23-35(24-29-64)38-19-22-44-46(30-38)66(40-10-6-7-11-40)55-63-52(70)48-42(58)12-9-14-45(48)67(44)55/h9,12,14-19,22,30,33,35,39-41,43,47,50,68H,4-8,10-11,13,20-21,23-29,31-32H2,1-3H3,(H,61,69)(H,62,72)/t41-,43+,47+,50-/m1/s1. The van der Waals surface area contributed by atoms with E-state index in [9.17, 15) is 24.3 Å². The van der Waals surface area contributed by atoms with Crippen molar-refractivity contribution in [2.24, 2.45) is 11.3 Å². The average Bonchev–Trinajstić information content (AvgIpc) is 4.15. The highest BCUT2D eigenvalue weighted by Gasteiger charge is 2.56. The van der Waals surface area contributed by atoms with Crippen LogP contribution in [0.25, 0.3) is 38.2 Å². The molecule has 3 N–H and O–H groups in total. The van der Waals surface area contributed by atoms with E-state index in [2.05, 4.69) is 87.9 Å². The monoisotopic (exact) mass is 1070 g/mol. The number of hydrogen-bond acceptors (Lipinski definition) is 9. The molecule has 386 valence electrons. The molecule has 16 heteroatoms. The topological polar surface area (TPSA) is 154 Å². The van der Waals surface area contributed by atoms with Crippen LogP contribution in [0.5, 0.6) is 0 Å². The molecule has 11 rings (SSSR count). The number of benzene rings is 3. The molecule has 0 unspecified atom stereocenters. The molecule has 3 aliphatic carbocycles. The lowest BCUT2D eigenvalue weighted by molar-refractivity contribution is -0.145. The SMILES string of the molecule is Cc1ncsc1-c1ccc([C@H](CCCCCN2CCC(c3ccc4c(c3)n(C3CCCC3)c3nc(=O)c5c(Br)cccc5n43)CC2)NC(=O)[C@@H]2C[C@@H](O)CN2C(=O)[C@@H](NC(=O)C2(F)CC2)C(C)(C)C2CC2)cc1. The van der Waals surface area contributed by atoms with Crippen LogP contribution in [0.3, 0.4) is 0 Å². The lowest BCUT2D eigenvalue weighted by atomic mass is 9.78. The van der Waals surface area contributed by atoms with Crippen molar-refractivity contribution in [3.05, 3.63) is 97.8 Å². The fourth-order valence-electron chi connectivity index (χ4n) is 12.5. The Morgan fingerprint density at radius 1 is 0.932 bits per heavy atom. The Morgan fingerprint density at radius 2 is 1.68 bits per heavy atom. The summed E-state index contributed by atoms with van der Waals surface area (Å²) >= 11 is 5.22. The van der Waals surface area contributed by atoms with Crippen molar-refractivity contribution in [3.8, 4) is 10.4 Å². The fraction of sp³-hybridized carbons (Fsp3) is 0.544. The van der Waals surface area contributed by atoms with Gasteiger partial charge in [0.1, 0.15) is 12.1 Å². The van der Waals surface area contributed by atoms with Crippen LogP contribution in [0.15, 0.2) is 75.4 Å². The summed E-state index contributed by atoms with van der Waals surface area (Å²) in [5.74, 6) is -0.192. The fourth-order valence-corrected chi connectivity index (χ4v) is 13.8. The molecule has 0 radical (unpaired) electrons. The Hall–Kier alpha value is -5.03. The van der Waals surface area contributed by atoms with E-state index in [0.717, 1.165) is 126 Å². The lowest BCUT2D eigenvalue weighted by Crippen LogP contribution is -2.60. The van der Waals surface area contributed by atoms with Gasteiger partial charge in [0.15, 0.2) is 5.67 Å². The van der Waals surface area contributed by atoms with Gasteiger partial charge in [-0.2, -0.15) is 4.98 Å². The number of β-amino-alcohol motifs (C(OH)–C–C–N with tert-alkyl or cyclic N) is 1. The summed E-state index contributed by atoms with van der Waals surface area (Å²) in [6, 6.07) is 19.1. The highest BCUT2D eigenvalue weighted by molar-refractivity contribution is 9.10. The number of carbonyl (C=O) groups is 3. The van der Waals surface area contributed by atoms with Crippen molar-refractivity contribution < 1.29 is 23.9 Å². The molecule has 73 heavy (non-hydrogen) atoms. The quantitative estimate of drug-likeness (QED) is 0.0763. The Bertz CT molecular complexity index is 3110. The Kier molecular flexibility index (Phi) is 13.9. The zero-order valence-corrected chi connectivity index (χ0v) is 44.7. The maximum Gasteiger partial charge on any atom is 0.283 e. The number of carbonyl (C=O) groups excluding carboxylic acids is 3. The van der Waals surface area contributed by atoms with Gasteiger partial charge in [0, 0.05) is 23.5 Å². The molecule has 4 atom stereocenters. The molecule has 0 spiro atoms. The number of aliphatic hydroxyl groups excluding tert-OH is 1. The van der Waals surface area contributed by atoms with Crippen LogP contribution in [0.2, 0.25) is 0 Å². The van der Waals surface area contributed by atoms with Gasteiger partial charge >= 0.3 is 0 Å². The number of aliphatic hydroxyl groups is 1. The third-order valence-corrected chi connectivity index (χ3v) is 18.9. The van der Waals surface area contributed by atoms with Gasteiger partial charge in [0.25, 0.3) is 11.5 Å². The number of rotatable bonds is 17. The normalized spacial score (nSPS) is 21.6. The number of amides is 3. The van der Waals surface area contributed by atoms with E-state index in [-0.39, 0.29) is 49.2 Å². The van der Waals surface area contributed by atoms with Gasteiger partial charge in [0.05, 0.1) is 50.2 Å². The van der Waals surface area contributed by atoms with Crippen molar-refractivity contribution in [2.75, 3.05) is 26.2 Å². The third-order valence-electron chi connectivity index (χ3n) is 17.3. The molecule has 13 nitrogen and oxygen atoms in total. The number of alkyl halides is 1. The predicted molar refractivity (Wildman–Crippen MR) is 287 cm³/mol. The van der Waals surface area contributed by atoms with Crippen molar-refractivity contribution >= 4 is 72.7 Å². The molecule has 2 saturated heterocycles. The summed E-state index contributed by atoms with van der Waals surface area (Å²) in [6.07, 6.45) is 11.5. The van der Waals surface area contributed by atoms with E-state index >= 15 is 4.39 Å².